The second-order valence-electron chi connectivity index (χ2n) is 6.61. The molecule has 11 nitrogen and oxygen atoms in total. The minimum atomic E-state index is -0.560. The lowest BCUT2D eigenvalue weighted by molar-refractivity contribution is 0.216. The molecule has 4 N–H and O–H groups in total. The van der Waals surface area contributed by atoms with Gasteiger partial charge in [-0.2, -0.15) is 4.98 Å². The number of hydrogen-bond donors (Lipinski definition) is 2. The third-order valence-electron chi connectivity index (χ3n) is 4.55. The molecule has 31 heavy (non-hydrogen) atoms. The van der Waals surface area contributed by atoms with Gasteiger partial charge in [0.05, 0.1) is 19.9 Å². The van der Waals surface area contributed by atoms with Gasteiger partial charge in [-0.15, -0.1) is 5.10 Å². The topological polar surface area (TPSA) is 134 Å². The molecule has 1 aromatic carbocycles. The van der Waals surface area contributed by atoms with E-state index in [-0.39, 0.29) is 6.61 Å². The highest BCUT2D eigenvalue weighted by Gasteiger charge is 2.19. The Labute approximate surface area is 179 Å². The predicted octanol–water partition coefficient (Wildman–Crippen LogP) is 1.78. The molecule has 11 heteroatoms. The summed E-state index contributed by atoms with van der Waals surface area (Å²) in [6.45, 7) is 2.05. The van der Waals surface area contributed by atoms with Gasteiger partial charge in [0.2, 0.25) is 17.6 Å². The third-order valence-corrected chi connectivity index (χ3v) is 4.55. The number of urea groups is 1. The van der Waals surface area contributed by atoms with E-state index in [1.54, 1.807) is 41.2 Å². The van der Waals surface area contributed by atoms with E-state index < -0.39 is 6.03 Å². The van der Waals surface area contributed by atoms with Gasteiger partial charge in [0.15, 0.2) is 0 Å². The summed E-state index contributed by atoms with van der Waals surface area (Å²) in [6.07, 6.45) is 1.72. The lowest BCUT2D eigenvalue weighted by atomic mass is 10.1. The molecule has 3 aromatic rings. The molecule has 0 atom stereocenters. The van der Waals surface area contributed by atoms with Crippen LogP contribution >= 0.6 is 0 Å². The first-order valence-corrected chi connectivity index (χ1v) is 9.29. The van der Waals surface area contributed by atoms with Crippen molar-refractivity contribution in [3.63, 3.8) is 0 Å². The molecular formula is C20H25N7O4. The van der Waals surface area contributed by atoms with Crippen LogP contribution in [0.4, 0.5) is 10.5 Å². The minimum absolute atomic E-state index is 0.145. The fraction of sp³-hybridized carbons (Fsp3) is 0.250. The molecule has 2 aromatic heterocycles. The molecule has 0 saturated carbocycles. The van der Waals surface area contributed by atoms with E-state index in [4.69, 9.17) is 25.9 Å². The second kappa shape index (κ2) is 9.32. The number of hydrogen-bond acceptors (Lipinski definition) is 8. The summed E-state index contributed by atoms with van der Waals surface area (Å²) in [5, 5.41) is 6.31. The largest absolute Gasteiger partial charge is 0.481 e. The van der Waals surface area contributed by atoms with Crippen molar-refractivity contribution in [2.75, 3.05) is 26.3 Å². The average Bonchev–Trinajstić information content (AvgIpc) is 3.25. The van der Waals surface area contributed by atoms with Crippen molar-refractivity contribution >= 4 is 11.7 Å². The number of aromatic nitrogens is 3. The van der Waals surface area contributed by atoms with Crippen LogP contribution in [0.2, 0.25) is 0 Å². The maximum Gasteiger partial charge on any atom is 0.352 e. The number of methoxy groups -OCH3 is 2. The number of pyridine rings is 1. The van der Waals surface area contributed by atoms with Gasteiger partial charge >= 0.3 is 6.03 Å². The number of nitrogens with zero attached hydrogens (tertiary/aromatic N) is 5. The van der Waals surface area contributed by atoms with E-state index in [9.17, 15) is 4.79 Å². The minimum Gasteiger partial charge on any atom is -0.481 e. The van der Waals surface area contributed by atoms with Gasteiger partial charge in [0.1, 0.15) is 12.3 Å². The number of carbonyl (C=O) groups excluding carboxylic acids is 1. The van der Waals surface area contributed by atoms with Gasteiger partial charge in [-0.25, -0.2) is 26.2 Å². The Bertz CT molecular complexity index is 1070. The maximum atomic E-state index is 12.2. The van der Waals surface area contributed by atoms with E-state index in [1.165, 1.54) is 21.3 Å². The van der Waals surface area contributed by atoms with Crippen LogP contribution in [-0.2, 0) is 6.61 Å². The van der Waals surface area contributed by atoms with Gasteiger partial charge in [0, 0.05) is 30.9 Å². The number of carbonyl (C=O) groups is 1. The number of nitrogens with two attached hydrogens (primary N) is 2. The molecular weight excluding hydrogens is 402 g/mol. The zero-order valence-electron chi connectivity index (χ0n) is 17.8. The van der Waals surface area contributed by atoms with Crippen molar-refractivity contribution in [2.24, 2.45) is 11.7 Å². The normalized spacial score (nSPS) is 10.5. The van der Waals surface area contributed by atoms with Gasteiger partial charge in [-0.05, 0) is 24.6 Å². The Morgan fingerprint density at radius 3 is 2.55 bits per heavy atom. The van der Waals surface area contributed by atoms with Crippen molar-refractivity contribution < 1.29 is 19.0 Å². The van der Waals surface area contributed by atoms with Gasteiger partial charge < -0.3 is 14.2 Å². The molecule has 2 heterocycles. The van der Waals surface area contributed by atoms with Gasteiger partial charge in [-0.1, -0.05) is 12.1 Å². The number of anilines is 1. The van der Waals surface area contributed by atoms with E-state index in [1.807, 2.05) is 13.0 Å². The summed E-state index contributed by atoms with van der Waals surface area (Å²) in [5.41, 5.74) is 2.75. The monoisotopic (exact) mass is 427 g/mol. The number of aryl methyl sites for hydroxylation is 1. The molecule has 0 bridgehead atoms. The van der Waals surface area contributed by atoms with Gasteiger partial charge in [0.25, 0.3) is 0 Å². The first kappa shape index (κ1) is 21.9. The SMILES string of the molecule is COc1ccc(-n2ccc(OCc3c(C)cccc3N(N)C(=O)N(C)N)n2)c(OC)n1. The van der Waals surface area contributed by atoms with E-state index in [0.717, 1.165) is 21.1 Å². The Balaban J connectivity index is 1.81. The summed E-state index contributed by atoms with van der Waals surface area (Å²) in [5.74, 6) is 12.7. The van der Waals surface area contributed by atoms with Crippen LogP contribution < -0.4 is 30.9 Å². The van der Waals surface area contributed by atoms with Crippen LogP contribution in [0.3, 0.4) is 0 Å². The number of ether oxygens (including phenoxy) is 3. The van der Waals surface area contributed by atoms with Crippen molar-refractivity contribution in [3.05, 3.63) is 53.7 Å². The number of hydrazine groups is 2. The van der Waals surface area contributed by atoms with Crippen LogP contribution in [-0.4, -0.2) is 47.1 Å². The van der Waals surface area contributed by atoms with E-state index in [0.29, 0.717) is 29.0 Å². The molecule has 0 aliphatic carbocycles. The highest BCUT2D eigenvalue weighted by atomic mass is 16.5. The summed E-state index contributed by atoms with van der Waals surface area (Å²) < 4.78 is 17.9. The highest BCUT2D eigenvalue weighted by Crippen LogP contribution is 2.26. The zero-order chi connectivity index (χ0) is 22.5. The summed E-state index contributed by atoms with van der Waals surface area (Å²) in [4.78, 5) is 16.4. The van der Waals surface area contributed by atoms with Crippen LogP contribution in [0.5, 0.6) is 17.6 Å². The fourth-order valence-electron chi connectivity index (χ4n) is 2.89. The smallest absolute Gasteiger partial charge is 0.352 e. The maximum absolute atomic E-state index is 12.2. The first-order chi connectivity index (χ1) is 14.8. The van der Waals surface area contributed by atoms with Crippen LogP contribution in [0.15, 0.2) is 42.6 Å². The number of amides is 2. The molecule has 164 valence electrons. The Morgan fingerprint density at radius 1 is 1.10 bits per heavy atom. The molecule has 2 amide bonds. The fourth-order valence-corrected chi connectivity index (χ4v) is 2.89. The Hall–Kier alpha value is -3.83. The molecule has 0 aliphatic rings. The van der Waals surface area contributed by atoms with Crippen LogP contribution in [0.25, 0.3) is 5.69 Å². The van der Waals surface area contributed by atoms with Gasteiger partial charge in [-0.3, -0.25) is 5.01 Å². The van der Waals surface area contributed by atoms with Crippen molar-refractivity contribution in [2.45, 2.75) is 13.5 Å². The molecule has 3 rings (SSSR count). The van der Waals surface area contributed by atoms with Crippen molar-refractivity contribution in [1.82, 2.24) is 19.8 Å². The van der Waals surface area contributed by atoms with Crippen LogP contribution in [0.1, 0.15) is 11.1 Å². The van der Waals surface area contributed by atoms with E-state index in [2.05, 4.69) is 10.1 Å². The average molecular weight is 427 g/mol. The molecule has 0 radical (unpaired) electrons. The summed E-state index contributed by atoms with van der Waals surface area (Å²) in [7, 11) is 4.47. The second-order valence-corrected chi connectivity index (χ2v) is 6.61. The van der Waals surface area contributed by atoms with Crippen molar-refractivity contribution in [1.29, 1.82) is 0 Å². The highest BCUT2D eigenvalue weighted by molar-refractivity contribution is 5.91. The molecule has 0 fully saturated rings. The Kier molecular flexibility index (Phi) is 6.58. The van der Waals surface area contributed by atoms with Crippen LogP contribution in [0, 0.1) is 6.92 Å². The third kappa shape index (κ3) is 4.68. The predicted molar refractivity (Wildman–Crippen MR) is 114 cm³/mol. The van der Waals surface area contributed by atoms with E-state index >= 15 is 0 Å². The molecule has 0 spiro atoms. The zero-order valence-corrected chi connectivity index (χ0v) is 17.8. The Morgan fingerprint density at radius 2 is 1.87 bits per heavy atom. The number of benzene rings is 1. The summed E-state index contributed by atoms with van der Waals surface area (Å²) >= 11 is 0. The lowest BCUT2D eigenvalue weighted by Crippen LogP contribution is -2.49. The standard InChI is InChI=1S/C20H25N7O4/c1-13-6-5-7-15(27(22)20(28)25(2)21)14(13)12-31-18-10-11-26(24-18)16-8-9-17(29-3)23-19(16)30-4/h5-11H,12,21-22H2,1-4H3. The number of rotatable bonds is 7. The first-order valence-electron chi connectivity index (χ1n) is 9.29. The van der Waals surface area contributed by atoms with Crippen molar-refractivity contribution in [3.8, 4) is 23.3 Å². The summed E-state index contributed by atoms with van der Waals surface area (Å²) in [6, 6.07) is 10.1. The molecule has 0 saturated heterocycles. The lowest BCUT2D eigenvalue weighted by Gasteiger charge is -2.24. The molecule has 0 unspecified atom stereocenters. The quantitative estimate of drug-likeness (QED) is 0.331. The molecule has 0 aliphatic heterocycles.